The van der Waals surface area contributed by atoms with E-state index in [1.807, 2.05) is 56.4 Å². The summed E-state index contributed by atoms with van der Waals surface area (Å²) < 4.78 is 7.41. The Morgan fingerprint density at radius 1 is 0.667 bits per heavy atom. The van der Waals surface area contributed by atoms with Crippen molar-refractivity contribution in [1.29, 1.82) is 0 Å². The lowest BCUT2D eigenvalue weighted by Crippen LogP contribution is -2.37. The van der Waals surface area contributed by atoms with Gasteiger partial charge in [0, 0.05) is 52.8 Å². The van der Waals surface area contributed by atoms with Crippen LogP contribution in [-0.2, 0) is 24.2 Å². The van der Waals surface area contributed by atoms with Gasteiger partial charge in [0.15, 0.2) is 22.9 Å². The Morgan fingerprint density at radius 3 is 1.50 bits per heavy atom. The fraction of sp³-hybridized carbons (Fsp3) is 0.395. The van der Waals surface area contributed by atoms with Crippen LogP contribution in [0, 0.1) is 6.92 Å². The number of amides is 2. The van der Waals surface area contributed by atoms with E-state index in [-0.39, 0.29) is 22.5 Å². The Bertz CT molecular complexity index is 2510. The van der Waals surface area contributed by atoms with E-state index in [1.54, 1.807) is 0 Å². The number of nitrogens with zero attached hydrogens (tertiary/aromatic N) is 6. The maximum Gasteiger partial charge on any atom is 0.275 e. The van der Waals surface area contributed by atoms with Gasteiger partial charge in [-0.25, -0.2) is 0 Å². The lowest BCUT2D eigenvalue weighted by Gasteiger charge is -2.33. The summed E-state index contributed by atoms with van der Waals surface area (Å²) in [6.07, 6.45) is 14.4. The molecule has 0 unspecified atom stereocenters. The second-order valence-corrected chi connectivity index (χ2v) is 16.4. The van der Waals surface area contributed by atoms with Crippen molar-refractivity contribution >= 4 is 68.4 Å². The predicted molar refractivity (Wildman–Crippen MR) is 235 cm³/mol. The van der Waals surface area contributed by atoms with Crippen LogP contribution in [0.3, 0.4) is 0 Å². The maximum absolute atomic E-state index is 12.1. The van der Waals surface area contributed by atoms with Gasteiger partial charge in [-0.15, -0.1) is 0 Å². The molecule has 0 radical (unpaired) electrons. The molecule has 0 spiro atoms. The van der Waals surface area contributed by atoms with Crippen molar-refractivity contribution in [2.24, 2.45) is 0 Å². The molecule has 2 fully saturated rings. The Labute approximate surface area is 361 Å². The van der Waals surface area contributed by atoms with Crippen molar-refractivity contribution < 1.29 is 19.8 Å². The van der Waals surface area contributed by atoms with Gasteiger partial charge in [0.25, 0.3) is 22.7 Å². The van der Waals surface area contributed by atoms with Gasteiger partial charge in [-0.3, -0.25) is 28.5 Å². The third-order valence-electron chi connectivity index (χ3n) is 11.5. The van der Waals surface area contributed by atoms with Crippen LogP contribution < -0.4 is 21.5 Å². The van der Waals surface area contributed by atoms with Crippen LogP contribution in [0.15, 0.2) is 70.8 Å². The van der Waals surface area contributed by atoms with E-state index in [9.17, 15) is 29.4 Å². The van der Waals surface area contributed by atoms with Gasteiger partial charge in [0.05, 0.1) is 47.1 Å². The van der Waals surface area contributed by atoms with Gasteiger partial charge >= 0.3 is 0 Å². The number of fused-ring (bicyclic) bond motifs is 2. The number of hydrogen-bond donors (Lipinski definition) is 4. The minimum Gasteiger partial charge on any atom is -0.503 e. The summed E-state index contributed by atoms with van der Waals surface area (Å²) in [5.41, 5.74) is 0.369. The summed E-state index contributed by atoms with van der Waals surface area (Å²) in [7, 11) is 2.84. The summed E-state index contributed by atoms with van der Waals surface area (Å²) in [5.74, 6) is -2.23. The molecule has 60 heavy (non-hydrogen) atoms. The molecule has 0 bridgehead atoms. The molecular formula is C43H49Cl3N8O6. The number of aromatic nitrogens is 6. The Kier molecular flexibility index (Phi) is 13.4. The van der Waals surface area contributed by atoms with Gasteiger partial charge in [0.2, 0.25) is 0 Å². The fourth-order valence-electron chi connectivity index (χ4n) is 8.68. The number of aromatic hydroxyl groups is 2. The molecule has 2 saturated carbocycles. The van der Waals surface area contributed by atoms with E-state index in [4.69, 9.17) is 34.8 Å². The fourth-order valence-corrected chi connectivity index (χ4v) is 9.27. The number of carbonyl (C=O) groups is 2. The predicted octanol–water partition coefficient (Wildman–Crippen LogP) is 7.76. The number of benzene rings is 2. The normalized spacial score (nSPS) is 15.3. The third kappa shape index (κ3) is 8.50. The molecule has 14 nitrogen and oxygen atoms in total. The van der Waals surface area contributed by atoms with Crippen molar-refractivity contribution in [3.05, 3.63) is 114 Å². The summed E-state index contributed by atoms with van der Waals surface area (Å²) in [6.45, 7) is 6.88. The van der Waals surface area contributed by atoms with Crippen LogP contribution in [0.2, 0.25) is 15.1 Å². The van der Waals surface area contributed by atoms with Gasteiger partial charge in [-0.1, -0.05) is 74.3 Å². The summed E-state index contributed by atoms with van der Waals surface area (Å²) in [4.78, 5) is 48.2. The number of hydrogen-bond acceptors (Lipinski definition) is 8. The number of halogens is 3. The number of aryl methyl sites for hydroxylation is 1. The molecular weight excluding hydrogens is 831 g/mol. The molecule has 2 aromatic carbocycles. The largest absolute Gasteiger partial charge is 0.503 e. The highest BCUT2D eigenvalue weighted by atomic mass is 35.5. The topological polar surface area (TPSA) is 178 Å². The number of carbonyl (C=O) groups excluding carboxylic acids is 2. The molecule has 4 N–H and O–H groups in total. The van der Waals surface area contributed by atoms with Crippen molar-refractivity contribution in [3.63, 3.8) is 0 Å². The number of nitrogens with one attached hydrogen (secondary N) is 2. The van der Waals surface area contributed by atoms with Crippen LogP contribution in [0.4, 0.5) is 0 Å². The van der Waals surface area contributed by atoms with E-state index < -0.39 is 34.2 Å². The zero-order valence-corrected chi connectivity index (χ0v) is 36.5. The van der Waals surface area contributed by atoms with Crippen molar-refractivity contribution in [3.8, 4) is 11.5 Å². The summed E-state index contributed by atoms with van der Waals surface area (Å²) >= 11 is 18.8. The molecule has 2 aliphatic carbocycles. The van der Waals surface area contributed by atoms with Gasteiger partial charge < -0.3 is 30.0 Å². The summed E-state index contributed by atoms with van der Waals surface area (Å²) in [5, 5.41) is 37.3. The zero-order chi connectivity index (χ0) is 43.5. The first-order valence-corrected chi connectivity index (χ1v) is 21.1. The standard InChI is InChI=1S/C21H23ClN4O3.C20H20Cl2N4O3.C2H6/c1-13-10-26(16-6-5-14(22)9-15(13)16)21(7-3-4-8-21)12-25-11-17(27)19(28)18(24-25)20(29)23-2;1-23-19(29)17-18(28)16(27)10-25(24-17)11-20(6-2-3-7-20)26-9-14(22)13-8-12(21)4-5-15(13)26;1-2/h5-6,9-11,27H,3-4,7-8,12H2,1-2H3,(H,23,29);4-5,8-10,27H,2-3,6-7,11H2,1H3,(H,23,29);1-2H3. The zero-order valence-electron chi connectivity index (χ0n) is 34.2. The molecule has 2 amide bonds. The first kappa shape index (κ1) is 44.2. The molecule has 0 atom stereocenters. The van der Waals surface area contributed by atoms with E-state index in [2.05, 4.69) is 43.1 Å². The molecule has 4 heterocycles. The van der Waals surface area contributed by atoms with Crippen LogP contribution in [-0.4, -0.2) is 64.8 Å². The minimum absolute atomic E-state index is 0.269. The van der Waals surface area contributed by atoms with Crippen LogP contribution >= 0.6 is 34.8 Å². The molecule has 6 aromatic rings. The second-order valence-electron chi connectivity index (χ2n) is 15.2. The maximum atomic E-state index is 12.1. The van der Waals surface area contributed by atoms with Gasteiger partial charge in [-0.05, 0) is 74.6 Å². The van der Waals surface area contributed by atoms with Crippen molar-refractivity contribution in [1.82, 2.24) is 39.3 Å². The highest BCUT2D eigenvalue weighted by molar-refractivity contribution is 6.37. The minimum atomic E-state index is -0.787. The van der Waals surface area contributed by atoms with E-state index in [1.165, 1.54) is 35.9 Å². The summed E-state index contributed by atoms with van der Waals surface area (Å²) in [6, 6.07) is 11.5. The van der Waals surface area contributed by atoms with Crippen LogP contribution in [0.25, 0.3) is 21.8 Å². The molecule has 0 saturated heterocycles. The smallest absolute Gasteiger partial charge is 0.275 e. The molecule has 318 valence electrons. The highest BCUT2D eigenvalue weighted by Gasteiger charge is 2.39. The van der Waals surface area contributed by atoms with E-state index in [0.717, 1.165) is 78.7 Å². The monoisotopic (exact) mass is 878 g/mol. The van der Waals surface area contributed by atoms with E-state index in [0.29, 0.717) is 28.2 Å². The lowest BCUT2D eigenvalue weighted by molar-refractivity contribution is 0.0944. The van der Waals surface area contributed by atoms with Crippen LogP contribution in [0.5, 0.6) is 11.5 Å². The first-order valence-electron chi connectivity index (χ1n) is 20.0. The molecule has 2 aliphatic rings. The van der Waals surface area contributed by atoms with Crippen LogP contribution in [0.1, 0.15) is 91.8 Å². The lowest BCUT2D eigenvalue weighted by atomic mass is 9.96. The quantitative estimate of drug-likeness (QED) is 0.120. The average Bonchev–Trinajstić information content (AvgIpc) is 4.05. The highest BCUT2D eigenvalue weighted by Crippen LogP contribution is 2.44. The molecule has 4 aromatic heterocycles. The average molecular weight is 880 g/mol. The van der Waals surface area contributed by atoms with Gasteiger partial charge in [0.1, 0.15) is 0 Å². The third-order valence-corrected chi connectivity index (χ3v) is 12.2. The first-order chi connectivity index (χ1) is 28.7. The Morgan fingerprint density at radius 2 is 1.07 bits per heavy atom. The SMILES string of the molecule is CC.CNC(=O)c1nn(CC2(n3cc(C)c4cc(Cl)ccc43)CCCC2)cc(O)c1=O.CNC(=O)c1nn(CC2(n3cc(Cl)c4cc(Cl)ccc43)CCCC2)cc(O)c1=O. The van der Waals surface area contributed by atoms with Crippen molar-refractivity contribution in [2.45, 2.75) is 96.3 Å². The number of rotatable bonds is 8. The van der Waals surface area contributed by atoms with E-state index >= 15 is 0 Å². The van der Waals surface area contributed by atoms with Crippen molar-refractivity contribution in [2.75, 3.05) is 14.1 Å². The van der Waals surface area contributed by atoms with Gasteiger partial charge in [-0.2, -0.15) is 10.2 Å². The second kappa shape index (κ2) is 18.1. The Balaban J connectivity index is 0.000000193. The molecule has 0 aliphatic heterocycles. The molecule has 17 heteroatoms. The molecule has 8 rings (SSSR count). The Hall–Kier alpha value is -5.31.